The smallest absolute Gasteiger partial charge is 0.125 e. The SMILES string of the molecule is CC1(Cn2c(CCl)nc3cc(F)ccc32)CCOCC1. The van der Waals surface area contributed by atoms with Gasteiger partial charge >= 0.3 is 0 Å². The number of ether oxygens (including phenoxy) is 1. The van der Waals surface area contributed by atoms with E-state index in [-0.39, 0.29) is 11.2 Å². The van der Waals surface area contributed by atoms with Crippen molar-refractivity contribution in [3.05, 3.63) is 29.8 Å². The molecule has 0 amide bonds. The Morgan fingerprint density at radius 1 is 1.40 bits per heavy atom. The molecule has 3 rings (SSSR count). The van der Waals surface area contributed by atoms with Crippen LogP contribution in [0.1, 0.15) is 25.6 Å². The first kappa shape index (κ1) is 13.8. The van der Waals surface area contributed by atoms with Crippen molar-refractivity contribution in [3.8, 4) is 0 Å². The van der Waals surface area contributed by atoms with Crippen LogP contribution in [0.15, 0.2) is 18.2 Å². The molecule has 2 aromatic rings. The van der Waals surface area contributed by atoms with Crippen LogP contribution in [0.4, 0.5) is 4.39 Å². The molecule has 1 aliphatic rings. The van der Waals surface area contributed by atoms with Crippen LogP contribution in [-0.2, 0) is 17.2 Å². The third-order valence-electron chi connectivity index (χ3n) is 4.15. The van der Waals surface area contributed by atoms with Gasteiger partial charge in [-0.15, -0.1) is 11.6 Å². The fourth-order valence-corrected chi connectivity index (χ4v) is 3.04. The molecule has 20 heavy (non-hydrogen) atoms. The molecule has 0 saturated carbocycles. The van der Waals surface area contributed by atoms with E-state index in [0.717, 1.165) is 43.9 Å². The average Bonchev–Trinajstić information content (AvgIpc) is 2.76. The third-order valence-corrected chi connectivity index (χ3v) is 4.39. The van der Waals surface area contributed by atoms with E-state index in [1.807, 2.05) is 0 Å². The molecule has 1 aliphatic heterocycles. The number of nitrogens with zero attached hydrogens (tertiary/aromatic N) is 2. The highest BCUT2D eigenvalue weighted by molar-refractivity contribution is 6.16. The maximum atomic E-state index is 13.3. The van der Waals surface area contributed by atoms with Crippen molar-refractivity contribution in [3.63, 3.8) is 0 Å². The first-order valence-corrected chi connectivity index (χ1v) is 7.43. The molecule has 0 aliphatic carbocycles. The van der Waals surface area contributed by atoms with Gasteiger partial charge in [0.15, 0.2) is 0 Å². The lowest BCUT2D eigenvalue weighted by molar-refractivity contribution is 0.0157. The Bertz CT molecular complexity index is 620. The van der Waals surface area contributed by atoms with Crippen LogP contribution in [0.3, 0.4) is 0 Å². The van der Waals surface area contributed by atoms with Gasteiger partial charge in [-0.3, -0.25) is 0 Å². The molecule has 5 heteroatoms. The van der Waals surface area contributed by atoms with Gasteiger partial charge < -0.3 is 9.30 Å². The van der Waals surface area contributed by atoms with E-state index in [1.54, 1.807) is 6.07 Å². The van der Waals surface area contributed by atoms with E-state index < -0.39 is 0 Å². The summed E-state index contributed by atoms with van der Waals surface area (Å²) in [4.78, 5) is 4.45. The van der Waals surface area contributed by atoms with Crippen LogP contribution in [0.5, 0.6) is 0 Å². The Morgan fingerprint density at radius 2 is 2.15 bits per heavy atom. The number of alkyl halides is 1. The number of rotatable bonds is 3. The number of hydrogen-bond donors (Lipinski definition) is 0. The van der Waals surface area contributed by atoms with Gasteiger partial charge in [-0.1, -0.05) is 6.92 Å². The zero-order valence-electron chi connectivity index (χ0n) is 11.5. The van der Waals surface area contributed by atoms with Crippen LogP contribution >= 0.6 is 11.6 Å². The van der Waals surface area contributed by atoms with E-state index in [2.05, 4.69) is 16.5 Å². The first-order valence-electron chi connectivity index (χ1n) is 6.90. The van der Waals surface area contributed by atoms with Crippen LogP contribution < -0.4 is 0 Å². The van der Waals surface area contributed by atoms with Gasteiger partial charge in [0.25, 0.3) is 0 Å². The number of imidazole rings is 1. The number of benzene rings is 1. The van der Waals surface area contributed by atoms with E-state index in [1.165, 1.54) is 12.1 Å². The highest BCUT2D eigenvalue weighted by atomic mass is 35.5. The topological polar surface area (TPSA) is 27.1 Å². The normalized spacial score (nSPS) is 18.6. The first-order chi connectivity index (χ1) is 9.61. The number of aromatic nitrogens is 2. The largest absolute Gasteiger partial charge is 0.381 e. The van der Waals surface area contributed by atoms with E-state index in [0.29, 0.717) is 11.4 Å². The summed E-state index contributed by atoms with van der Waals surface area (Å²) in [6.07, 6.45) is 2.05. The van der Waals surface area contributed by atoms with Crippen molar-refractivity contribution in [1.82, 2.24) is 9.55 Å². The lowest BCUT2D eigenvalue weighted by Gasteiger charge is -2.34. The summed E-state index contributed by atoms with van der Waals surface area (Å²) in [6, 6.07) is 4.73. The fourth-order valence-electron chi connectivity index (χ4n) is 2.84. The molecule has 1 saturated heterocycles. The highest BCUT2D eigenvalue weighted by Crippen LogP contribution is 2.33. The lowest BCUT2D eigenvalue weighted by atomic mass is 9.82. The summed E-state index contributed by atoms with van der Waals surface area (Å²) in [5, 5.41) is 0. The summed E-state index contributed by atoms with van der Waals surface area (Å²) < 4.78 is 20.9. The van der Waals surface area contributed by atoms with Crippen molar-refractivity contribution in [2.45, 2.75) is 32.2 Å². The number of fused-ring (bicyclic) bond motifs is 1. The van der Waals surface area contributed by atoms with Crippen LogP contribution in [0.25, 0.3) is 11.0 Å². The minimum absolute atomic E-state index is 0.182. The maximum Gasteiger partial charge on any atom is 0.125 e. The molecule has 0 spiro atoms. The van der Waals surface area contributed by atoms with E-state index in [4.69, 9.17) is 16.3 Å². The van der Waals surface area contributed by atoms with Gasteiger partial charge in [-0.25, -0.2) is 9.37 Å². The predicted molar refractivity (Wildman–Crippen MR) is 77.4 cm³/mol. The molecular weight excluding hydrogens is 279 g/mol. The molecule has 3 nitrogen and oxygen atoms in total. The Labute approximate surface area is 122 Å². The molecule has 0 atom stereocenters. The number of halogens is 2. The summed E-state index contributed by atoms with van der Waals surface area (Å²) in [5.74, 6) is 0.878. The van der Waals surface area contributed by atoms with Crippen LogP contribution in [0.2, 0.25) is 0 Å². The van der Waals surface area contributed by atoms with Crippen molar-refractivity contribution < 1.29 is 9.13 Å². The van der Waals surface area contributed by atoms with Crippen LogP contribution in [0, 0.1) is 11.2 Å². The summed E-state index contributed by atoms with van der Waals surface area (Å²) in [7, 11) is 0. The summed E-state index contributed by atoms with van der Waals surface area (Å²) in [6.45, 7) is 4.71. The lowest BCUT2D eigenvalue weighted by Crippen LogP contribution is -2.31. The minimum Gasteiger partial charge on any atom is -0.381 e. The molecule has 108 valence electrons. The zero-order chi connectivity index (χ0) is 14.2. The Morgan fingerprint density at radius 3 is 2.85 bits per heavy atom. The molecule has 1 aromatic heterocycles. The quantitative estimate of drug-likeness (QED) is 0.807. The summed E-state index contributed by atoms with van der Waals surface area (Å²) in [5.41, 5.74) is 1.81. The van der Waals surface area contributed by atoms with Gasteiger partial charge in [-0.05, 0) is 30.4 Å². The van der Waals surface area contributed by atoms with Gasteiger partial charge in [0.1, 0.15) is 11.6 Å². The zero-order valence-corrected chi connectivity index (χ0v) is 12.3. The second-order valence-electron chi connectivity index (χ2n) is 5.80. The Kier molecular flexibility index (Phi) is 3.69. The van der Waals surface area contributed by atoms with Crippen LogP contribution in [-0.4, -0.2) is 22.8 Å². The monoisotopic (exact) mass is 296 g/mol. The van der Waals surface area contributed by atoms with Crippen molar-refractivity contribution in [2.24, 2.45) is 5.41 Å². The average molecular weight is 297 g/mol. The van der Waals surface area contributed by atoms with Gasteiger partial charge in [0, 0.05) is 25.8 Å². The minimum atomic E-state index is -0.263. The Hall–Kier alpha value is -1.13. The molecule has 0 unspecified atom stereocenters. The Balaban J connectivity index is 2.01. The molecule has 0 N–H and O–H groups in total. The molecule has 0 bridgehead atoms. The third kappa shape index (κ3) is 2.54. The van der Waals surface area contributed by atoms with Gasteiger partial charge in [-0.2, -0.15) is 0 Å². The van der Waals surface area contributed by atoms with E-state index >= 15 is 0 Å². The molecule has 2 heterocycles. The molecular formula is C15H18ClFN2O. The predicted octanol–water partition coefficient (Wildman–Crippen LogP) is 3.73. The molecule has 0 radical (unpaired) electrons. The van der Waals surface area contributed by atoms with Crippen molar-refractivity contribution in [2.75, 3.05) is 13.2 Å². The molecule has 1 fully saturated rings. The van der Waals surface area contributed by atoms with Crippen molar-refractivity contribution in [1.29, 1.82) is 0 Å². The van der Waals surface area contributed by atoms with Gasteiger partial charge in [0.05, 0.1) is 16.9 Å². The number of hydrogen-bond acceptors (Lipinski definition) is 2. The van der Waals surface area contributed by atoms with E-state index in [9.17, 15) is 4.39 Å². The van der Waals surface area contributed by atoms with Gasteiger partial charge in [0.2, 0.25) is 0 Å². The molecule has 1 aromatic carbocycles. The maximum absolute atomic E-state index is 13.3. The van der Waals surface area contributed by atoms with Crippen molar-refractivity contribution >= 4 is 22.6 Å². The second kappa shape index (κ2) is 5.34. The standard InChI is InChI=1S/C15H18ClFN2O/c1-15(4-6-20-7-5-15)10-19-13-3-2-11(17)8-12(13)18-14(19)9-16/h2-3,8H,4-7,9-10H2,1H3. The highest BCUT2D eigenvalue weighted by Gasteiger charge is 2.29. The summed E-state index contributed by atoms with van der Waals surface area (Å²) >= 11 is 6.00. The fraction of sp³-hybridized carbons (Fsp3) is 0.533. The second-order valence-corrected chi connectivity index (χ2v) is 6.07.